The van der Waals surface area contributed by atoms with Gasteiger partial charge in [-0.2, -0.15) is 0 Å². The molecule has 1 amide bonds. The first-order valence-corrected chi connectivity index (χ1v) is 9.14. The average Bonchev–Trinajstić information content (AvgIpc) is 3.02. The lowest BCUT2D eigenvalue weighted by molar-refractivity contribution is -0.0302. The number of nitrogens with zero attached hydrogens (tertiary/aromatic N) is 1. The molecule has 2 aromatic heterocycles. The third kappa shape index (κ3) is 4.64. The van der Waals surface area contributed by atoms with Crippen LogP contribution in [-0.4, -0.2) is 46.5 Å². The number of furan rings is 1. The summed E-state index contributed by atoms with van der Waals surface area (Å²) in [6.45, 7) is -0.797. The van der Waals surface area contributed by atoms with Crippen molar-refractivity contribution in [1.29, 1.82) is 0 Å². The van der Waals surface area contributed by atoms with Crippen molar-refractivity contribution < 1.29 is 28.7 Å². The molecule has 0 aliphatic heterocycles. The second kappa shape index (κ2) is 8.78. The standard InChI is InChI=1S/C17H17FIN3O5/c18-12-5-9(19)1-2-13(12)21-15-11-6-20-4-3-14(11)27-16(15)17(25)22-26-8-10(24)7-23/h1,3-6,10,13,21,23-24H,2,7-8H2,(H,22,25)/t10-,13?/m1/s1. The van der Waals surface area contributed by atoms with Crippen molar-refractivity contribution in [3.8, 4) is 0 Å². The van der Waals surface area contributed by atoms with Gasteiger partial charge in [0.1, 0.15) is 24.1 Å². The number of nitrogens with one attached hydrogen (secondary N) is 2. The predicted octanol–water partition coefficient (Wildman–Crippen LogP) is 2.20. The van der Waals surface area contributed by atoms with Gasteiger partial charge in [0.15, 0.2) is 0 Å². The van der Waals surface area contributed by atoms with Crippen LogP contribution in [0.4, 0.5) is 10.1 Å². The summed E-state index contributed by atoms with van der Waals surface area (Å²) in [4.78, 5) is 21.3. The lowest BCUT2D eigenvalue weighted by Crippen LogP contribution is -2.30. The van der Waals surface area contributed by atoms with Gasteiger partial charge in [-0.3, -0.25) is 14.6 Å². The van der Waals surface area contributed by atoms with Gasteiger partial charge in [-0.15, -0.1) is 0 Å². The number of anilines is 1. The van der Waals surface area contributed by atoms with E-state index in [1.54, 1.807) is 6.07 Å². The third-order valence-corrected chi connectivity index (χ3v) is 4.57. The highest BCUT2D eigenvalue weighted by Crippen LogP contribution is 2.33. The molecule has 1 aliphatic rings. The van der Waals surface area contributed by atoms with Crippen LogP contribution in [0.2, 0.25) is 0 Å². The minimum Gasteiger partial charge on any atom is -0.448 e. The molecule has 1 aliphatic carbocycles. The maximum absolute atomic E-state index is 14.3. The van der Waals surface area contributed by atoms with E-state index in [1.165, 1.54) is 18.5 Å². The van der Waals surface area contributed by atoms with E-state index < -0.39 is 24.7 Å². The summed E-state index contributed by atoms with van der Waals surface area (Å²) in [6, 6.07) is 0.942. The number of rotatable bonds is 7. The Morgan fingerprint density at radius 1 is 1.56 bits per heavy atom. The summed E-state index contributed by atoms with van der Waals surface area (Å²) in [5, 5.41) is 21.5. The fourth-order valence-corrected chi connectivity index (χ4v) is 3.04. The summed E-state index contributed by atoms with van der Waals surface area (Å²) in [7, 11) is 0. The molecule has 0 saturated heterocycles. The molecule has 0 spiro atoms. The third-order valence-electron chi connectivity index (χ3n) is 3.82. The number of halogens is 2. The Kier molecular flexibility index (Phi) is 6.42. The zero-order chi connectivity index (χ0) is 19.4. The Hall–Kier alpha value is -2.02. The van der Waals surface area contributed by atoms with Crippen LogP contribution in [-0.2, 0) is 4.84 Å². The van der Waals surface area contributed by atoms with Crippen molar-refractivity contribution in [2.75, 3.05) is 18.5 Å². The summed E-state index contributed by atoms with van der Waals surface area (Å²) in [5.41, 5.74) is 2.83. The number of aliphatic hydroxyl groups excluding tert-OH is 2. The second-order valence-corrected chi connectivity index (χ2v) is 7.05. The number of carbonyl (C=O) groups excluding carboxylic acids is 1. The van der Waals surface area contributed by atoms with Crippen molar-refractivity contribution in [3.05, 3.63) is 45.8 Å². The van der Waals surface area contributed by atoms with Gasteiger partial charge in [0.2, 0.25) is 5.76 Å². The smallest absolute Gasteiger partial charge is 0.312 e. The summed E-state index contributed by atoms with van der Waals surface area (Å²) in [5.74, 6) is -1.17. The predicted molar refractivity (Wildman–Crippen MR) is 104 cm³/mol. The quantitative estimate of drug-likeness (QED) is 0.348. The number of carbonyl (C=O) groups is 1. The number of allylic oxidation sites excluding steroid dienone is 2. The second-order valence-electron chi connectivity index (χ2n) is 5.81. The van der Waals surface area contributed by atoms with Crippen LogP contribution < -0.4 is 10.8 Å². The van der Waals surface area contributed by atoms with E-state index in [2.05, 4.69) is 15.8 Å². The molecule has 4 N–H and O–H groups in total. The molecule has 0 saturated carbocycles. The zero-order valence-corrected chi connectivity index (χ0v) is 16.1. The molecule has 2 heterocycles. The van der Waals surface area contributed by atoms with E-state index in [9.17, 15) is 14.3 Å². The number of fused-ring (bicyclic) bond motifs is 1. The van der Waals surface area contributed by atoms with Crippen LogP contribution in [0.15, 0.2) is 44.4 Å². The first-order chi connectivity index (χ1) is 13.0. The van der Waals surface area contributed by atoms with Gasteiger partial charge in [0.25, 0.3) is 0 Å². The fourth-order valence-electron chi connectivity index (χ4n) is 2.48. The Balaban J connectivity index is 1.84. The number of hydroxylamine groups is 1. The number of aliphatic hydroxyl groups is 2. The SMILES string of the molecule is O=C(NOC[C@H](O)CO)c1oc2ccncc2c1NC1CC=C(I)C=C1F. The van der Waals surface area contributed by atoms with Crippen LogP contribution in [0.5, 0.6) is 0 Å². The molecule has 0 radical (unpaired) electrons. The highest BCUT2D eigenvalue weighted by molar-refractivity contribution is 14.1. The number of aromatic nitrogens is 1. The van der Waals surface area contributed by atoms with Gasteiger partial charge in [-0.05, 0) is 41.2 Å². The first kappa shape index (κ1) is 19.7. The number of pyridine rings is 1. The molecule has 1 unspecified atom stereocenters. The number of hydrogen-bond donors (Lipinski definition) is 4. The molecule has 0 aromatic carbocycles. The van der Waals surface area contributed by atoms with Gasteiger partial charge in [-0.1, -0.05) is 6.08 Å². The van der Waals surface area contributed by atoms with Crippen molar-refractivity contribution in [2.45, 2.75) is 18.6 Å². The maximum Gasteiger partial charge on any atom is 0.312 e. The Bertz CT molecular complexity index is 898. The summed E-state index contributed by atoms with van der Waals surface area (Å²) in [6.07, 6.45) is 5.60. The lowest BCUT2D eigenvalue weighted by Gasteiger charge is -2.19. The van der Waals surface area contributed by atoms with E-state index in [1.807, 2.05) is 28.7 Å². The molecular formula is C17H17FIN3O5. The Morgan fingerprint density at radius 3 is 3.11 bits per heavy atom. The first-order valence-electron chi connectivity index (χ1n) is 8.06. The van der Waals surface area contributed by atoms with E-state index in [0.717, 1.165) is 3.58 Å². The van der Waals surface area contributed by atoms with Gasteiger partial charge >= 0.3 is 5.91 Å². The normalized spacial score (nSPS) is 18.0. The Morgan fingerprint density at radius 2 is 2.37 bits per heavy atom. The Labute approximate surface area is 167 Å². The molecule has 27 heavy (non-hydrogen) atoms. The van der Waals surface area contributed by atoms with Crippen molar-refractivity contribution in [1.82, 2.24) is 10.5 Å². The summed E-state index contributed by atoms with van der Waals surface area (Å²) >= 11 is 2.04. The molecular weight excluding hydrogens is 472 g/mol. The lowest BCUT2D eigenvalue weighted by atomic mass is 10.1. The van der Waals surface area contributed by atoms with Gasteiger partial charge < -0.3 is 19.9 Å². The molecule has 0 bridgehead atoms. The minimum atomic E-state index is -1.13. The van der Waals surface area contributed by atoms with Crippen molar-refractivity contribution >= 4 is 45.2 Å². The molecule has 10 heteroatoms. The van der Waals surface area contributed by atoms with Gasteiger partial charge in [0, 0.05) is 16.0 Å². The maximum atomic E-state index is 14.3. The van der Waals surface area contributed by atoms with E-state index in [4.69, 9.17) is 14.4 Å². The number of hydrogen-bond acceptors (Lipinski definition) is 7. The molecule has 3 rings (SSSR count). The largest absolute Gasteiger partial charge is 0.448 e. The molecule has 144 valence electrons. The van der Waals surface area contributed by atoms with Crippen molar-refractivity contribution in [3.63, 3.8) is 0 Å². The molecule has 2 atom stereocenters. The van der Waals surface area contributed by atoms with Crippen LogP contribution >= 0.6 is 22.6 Å². The van der Waals surface area contributed by atoms with Crippen LogP contribution in [0.3, 0.4) is 0 Å². The fraction of sp³-hybridized carbons (Fsp3) is 0.294. The van der Waals surface area contributed by atoms with Gasteiger partial charge in [-0.25, -0.2) is 9.87 Å². The van der Waals surface area contributed by atoms with Crippen LogP contribution in [0.25, 0.3) is 11.0 Å². The van der Waals surface area contributed by atoms with E-state index in [0.29, 0.717) is 23.1 Å². The topological polar surface area (TPSA) is 117 Å². The highest BCUT2D eigenvalue weighted by Gasteiger charge is 2.26. The van der Waals surface area contributed by atoms with Crippen LogP contribution in [0.1, 0.15) is 17.0 Å². The summed E-state index contributed by atoms with van der Waals surface area (Å²) < 4.78 is 20.7. The molecule has 0 fully saturated rings. The van der Waals surface area contributed by atoms with E-state index in [-0.39, 0.29) is 18.2 Å². The van der Waals surface area contributed by atoms with Crippen molar-refractivity contribution in [2.24, 2.45) is 0 Å². The minimum absolute atomic E-state index is 0.103. The van der Waals surface area contributed by atoms with E-state index >= 15 is 0 Å². The number of amides is 1. The average molecular weight is 489 g/mol. The molecule has 8 nitrogen and oxygen atoms in total. The zero-order valence-electron chi connectivity index (χ0n) is 14.0. The van der Waals surface area contributed by atoms with Crippen LogP contribution in [0, 0.1) is 0 Å². The highest BCUT2D eigenvalue weighted by atomic mass is 127. The van der Waals surface area contributed by atoms with Gasteiger partial charge in [0.05, 0.1) is 23.7 Å². The molecule has 2 aromatic rings. The monoisotopic (exact) mass is 489 g/mol.